The fraction of sp³-hybridized carbons (Fsp3) is 0.278. The van der Waals surface area contributed by atoms with E-state index in [0.717, 1.165) is 47.2 Å². The Balaban J connectivity index is 1.47. The molecule has 1 aliphatic heterocycles. The van der Waals surface area contributed by atoms with E-state index in [1.54, 1.807) is 17.5 Å². The topological polar surface area (TPSA) is 61.9 Å². The van der Waals surface area contributed by atoms with Crippen molar-refractivity contribution >= 4 is 17.2 Å². The van der Waals surface area contributed by atoms with Crippen LogP contribution < -0.4 is 0 Å². The standard InChI is InChI=1S/C18H18N4OS/c1-12-21-16(11-24-12)13-2-4-14(5-3-13)18(23)22-9-6-15(10-22)17-19-7-8-20-17/h2-5,7-8,11,15H,6,9-10H2,1H3,(H,19,20). The molecule has 122 valence electrons. The van der Waals surface area contributed by atoms with Crippen molar-refractivity contribution in [3.63, 3.8) is 0 Å². The van der Waals surface area contributed by atoms with Crippen LogP contribution in [0.2, 0.25) is 0 Å². The molecule has 4 rings (SSSR count). The maximum atomic E-state index is 12.7. The van der Waals surface area contributed by atoms with Gasteiger partial charge in [-0.2, -0.15) is 0 Å². The third-order valence-corrected chi connectivity index (χ3v) is 5.20. The van der Waals surface area contributed by atoms with Crippen molar-refractivity contribution in [2.45, 2.75) is 19.3 Å². The highest BCUT2D eigenvalue weighted by atomic mass is 32.1. The third-order valence-electron chi connectivity index (χ3n) is 4.43. The third kappa shape index (κ3) is 2.85. The fourth-order valence-electron chi connectivity index (χ4n) is 3.13. The first-order chi connectivity index (χ1) is 11.7. The van der Waals surface area contributed by atoms with E-state index in [0.29, 0.717) is 5.92 Å². The molecule has 24 heavy (non-hydrogen) atoms. The number of amides is 1. The number of carbonyl (C=O) groups excluding carboxylic acids is 1. The second-order valence-electron chi connectivity index (χ2n) is 6.04. The van der Waals surface area contributed by atoms with Crippen LogP contribution in [0.1, 0.15) is 33.5 Å². The smallest absolute Gasteiger partial charge is 0.253 e. The van der Waals surface area contributed by atoms with Gasteiger partial charge < -0.3 is 9.88 Å². The number of aromatic nitrogens is 3. The molecular formula is C18H18N4OS. The first kappa shape index (κ1) is 15.1. The Bertz CT molecular complexity index is 838. The van der Waals surface area contributed by atoms with E-state index < -0.39 is 0 Å². The van der Waals surface area contributed by atoms with E-state index in [2.05, 4.69) is 15.0 Å². The number of likely N-dealkylation sites (tertiary alicyclic amines) is 1. The lowest BCUT2D eigenvalue weighted by Gasteiger charge is -2.16. The van der Waals surface area contributed by atoms with Gasteiger partial charge in [0.15, 0.2) is 0 Å². The normalized spacial score (nSPS) is 17.4. The predicted molar refractivity (Wildman–Crippen MR) is 94.1 cm³/mol. The zero-order valence-corrected chi connectivity index (χ0v) is 14.2. The summed E-state index contributed by atoms with van der Waals surface area (Å²) in [5, 5.41) is 3.09. The molecule has 0 spiro atoms. The number of nitrogens with zero attached hydrogens (tertiary/aromatic N) is 3. The number of aromatic amines is 1. The Labute approximate surface area is 144 Å². The van der Waals surface area contributed by atoms with Crippen molar-refractivity contribution < 1.29 is 4.79 Å². The van der Waals surface area contributed by atoms with E-state index in [1.807, 2.05) is 47.7 Å². The summed E-state index contributed by atoms with van der Waals surface area (Å²) in [5.41, 5.74) is 2.74. The molecule has 0 bridgehead atoms. The minimum Gasteiger partial charge on any atom is -0.348 e. The Morgan fingerprint density at radius 2 is 2.17 bits per heavy atom. The van der Waals surface area contributed by atoms with E-state index in [9.17, 15) is 4.79 Å². The fourth-order valence-corrected chi connectivity index (χ4v) is 3.75. The number of hydrogen-bond acceptors (Lipinski definition) is 4. The first-order valence-electron chi connectivity index (χ1n) is 8.02. The second-order valence-corrected chi connectivity index (χ2v) is 7.10. The molecule has 1 atom stereocenters. The molecule has 3 aromatic rings. The highest BCUT2D eigenvalue weighted by Gasteiger charge is 2.29. The largest absolute Gasteiger partial charge is 0.348 e. The summed E-state index contributed by atoms with van der Waals surface area (Å²) >= 11 is 1.63. The molecule has 0 saturated carbocycles. The van der Waals surface area contributed by atoms with Gasteiger partial charge in [0.05, 0.1) is 10.7 Å². The number of rotatable bonds is 3. The summed E-state index contributed by atoms with van der Waals surface area (Å²) in [7, 11) is 0. The summed E-state index contributed by atoms with van der Waals surface area (Å²) in [6.45, 7) is 3.49. The van der Waals surface area contributed by atoms with Gasteiger partial charge >= 0.3 is 0 Å². The van der Waals surface area contributed by atoms with Gasteiger partial charge in [0.2, 0.25) is 0 Å². The monoisotopic (exact) mass is 338 g/mol. The van der Waals surface area contributed by atoms with Crippen LogP contribution in [-0.2, 0) is 0 Å². The summed E-state index contributed by atoms with van der Waals surface area (Å²) in [6.07, 6.45) is 4.55. The summed E-state index contributed by atoms with van der Waals surface area (Å²) in [6, 6.07) is 7.74. The average Bonchev–Trinajstić information content (AvgIpc) is 3.35. The van der Waals surface area contributed by atoms with Gasteiger partial charge in [0.25, 0.3) is 5.91 Å². The maximum Gasteiger partial charge on any atom is 0.253 e. The van der Waals surface area contributed by atoms with Crippen molar-refractivity contribution in [2.24, 2.45) is 0 Å². The van der Waals surface area contributed by atoms with Crippen LogP contribution >= 0.6 is 11.3 Å². The molecule has 2 aromatic heterocycles. The van der Waals surface area contributed by atoms with E-state index in [1.165, 1.54) is 0 Å². The molecular weight excluding hydrogens is 320 g/mol. The molecule has 1 N–H and O–H groups in total. The number of H-pyrrole nitrogens is 1. The van der Waals surface area contributed by atoms with Gasteiger partial charge in [-0.25, -0.2) is 9.97 Å². The lowest BCUT2D eigenvalue weighted by atomic mass is 10.1. The summed E-state index contributed by atoms with van der Waals surface area (Å²) < 4.78 is 0. The molecule has 1 aliphatic rings. The van der Waals surface area contributed by atoms with Crippen LogP contribution in [0, 0.1) is 6.92 Å². The number of thiazole rings is 1. The Morgan fingerprint density at radius 3 is 2.83 bits per heavy atom. The Hall–Kier alpha value is -2.47. The number of carbonyl (C=O) groups is 1. The molecule has 3 heterocycles. The zero-order valence-electron chi connectivity index (χ0n) is 13.4. The molecule has 1 aromatic carbocycles. The van der Waals surface area contributed by atoms with Gasteiger partial charge in [-0.05, 0) is 25.5 Å². The molecule has 1 unspecified atom stereocenters. The maximum absolute atomic E-state index is 12.7. The van der Waals surface area contributed by atoms with Gasteiger partial charge in [0, 0.05) is 47.9 Å². The van der Waals surface area contributed by atoms with Crippen LogP contribution in [0.3, 0.4) is 0 Å². The SMILES string of the molecule is Cc1nc(-c2ccc(C(=O)N3CCC(c4ncc[nH]4)C3)cc2)cs1. The minimum atomic E-state index is 0.0880. The van der Waals surface area contributed by atoms with Gasteiger partial charge in [-0.1, -0.05) is 12.1 Å². The number of benzene rings is 1. The highest BCUT2D eigenvalue weighted by molar-refractivity contribution is 7.09. The summed E-state index contributed by atoms with van der Waals surface area (Å²) in [4.78, 5) is 26.6. The molecule has 1 fully saturated rings. The van der Waals surface area contributed by atoms with Crippen LogP contribution in [0.5, 0.6) is 0 Å². The van der Waals surface area contributed by atoms with Gasteiger partial charge in [-0.15, -0.1) is 11.3 Å². The second kappa shape index (κ2) is 6.20. The van der Waals surface area contributed by atoms with Crippen molar-refractivity contribution in [1.29, 1.82) is 0 Å². The minimum absolute atomic E-state index is 0.0880. The number of nitrogens with one attached hydrogen (secondary N) is 1. The van der Waals surface area contributed by atoms with Crippen LogP contribution in [0.25, 0.3) is 11.3 Å². The summed E-state index contributed by atoms with van der Waals surface area (Å²) in [5.74, 6) is 1.37. The van der Waals surface area contributed by atoms with Gasteiger partial charge in [-0.3, -0.25) is 4.79 Å². The number of aryl methyl sites for hydroxylation is 1. The number of hydrogen-bond donors (Lipinski definition) is 1. The van der Waals surface area contributed by atoms with Crippen molar-refractivity contribution in [1.82, 2.24) is 19.9 Å². The zero-order chi connectivity index (χ0) is 16.5. The van der Waals surface area contributed by atoms with Crippen LogP contribution in [0.4, 0.5) is 0 Å². The van der Waals surface area contributed by atoms with Crippen LogP contribution in [0.15, 0.2) is 42.0 Å². The number of imidazole rings is 1. The van der Waals surface area contributed by atoms with Crippen LogP contribution in [-0.4, -0.2) is 38.8 Å². The van der Waals surface area contributed by atoms with E-state index in [4.69, 9.17) is 0 Å². The molecule has 0 radical (unpaired) electrons. The lowest BCUT2D eigenvalue weighted by Crippen LogP contribution is -2.28. The first-order valence-corrected chi connectivity index (χ1v) is 8.90. The van der Waals surface area contributed by atoms with E-state index >= 15 is 0 Å². The average molecular weight is 338 g/mol. The lowest BCUT2D eigenvalue weighted by molar-refractivity contribution is 0.0790. The molecule has 0 aliphatic carbocycles. The van der Waals surface area contributed by atoms with Gasteiger partial charge in [0.1, 0.15) is 5.82 Å². The predicted octanol–water partition coefficient (Wildman–Crippen LogP) is 3.47. The highest BCUT2D eigenvalue weighted by Crippen LogP contribution is 2.27. The van der Waals surface area contributed by atoms with Crippen molar-refractivity contribution in [2.75, 3.05) is 13.1 Å². The van der Waals surface area contributed by atoms with Crippen molar-refractivity contribution in [3.05, 3.63) is 58.4 Å². The quantitative estimate of drug-likeness (QED) is 0.795. The van der Waals surface area contributed by atoms with Crippen molar-refractivity contribution in [3.8, 4) is 11.3 Å². The Kier molecular flexibility index (Phi) is 3.90. The molecule has 5 nitrogen and oxygen atoms in total. The molecule has 6 heteroatoms. The molecule has 1 saturated heterocycles. The van der Waals surface area contributed by atoms with E-state index in [-0.39, 0.29) is 5.91 Å². The Morgan fingerprint density at radius 1 is 1.33 bits per heavy atom. The molecule has 1 amide bonds.